The first kappa shape index (κ1) is 18.5. The molecular weight excluding hydrogens is 346 g/mol. The minimum atomic E-state index is -0.534. The van der Waals surface area contributed by atoms with Gasteiger partial charge in [0.25, 0.3) is 5.91 Å². The number of carbonyl (C=O) groups excluding carboxylic acids is 2. The number of esters is 1. The highest BCUT2D eigenvalue weighted by atomic mass is 32.2. The van der Waals surface area contributed by atoms with Crippen molar-refractivity contribution in [2.45, 2.75) is 29.6 Å². The first-order valence-corrected chi connectivity index (χ1v) is 9.87. The summed E-state index contributed by atoms with van der Waals surface area (Å²) >= 11 is 1.76. The Bertz CT molecular complexity index is 729. The maximum absolute atomic E-state index is 12.4. The summed E-state index contributed by atoms with van der Waals surface area (Å²) in [7, 11) is 0. The lowest BCUT2D eigenvalue weighted by Gasteiger charge is -2.14. The third kappa shape index (κ3) is 4.88. The SMILES string of the molecule is O=C(COC(=O)C1(c2ccccc2)CC1)NCCCSc1ccccc1. The first-order valence-electron chi connectivity index (χ1n) is 8.88. The number of thioether (sulfide) groups is 1. The van der Waals surface area contributed by atoms with Crippen LogP contribution in [0.15, 0.2) is 65.6 Å². The quantitative estimate of drug-likeness (QED) is 0.417. The van der Waals surface area contributed by atoms with Crippen molar-refractivity contribution in [2.75, 3.05) is 18.9 Å². The van der Waals surface area contributed by atoms with Crippen LogP contribution in [0, 0.1) is 0 Å². The number of carbonyl (C=O) groups is 2. The molecule has 2 aromatic carbocycles. The van der Waals surface area contributed by atoms with E-state index < -0.39 is 5.41 Å². The second-order valence-corrected chi connectivity index (χ2v) is 7.56. The van der Waals surface area contributed by atoms with E-state index in [4.69, 9.17) is 4.74 Å². The van der Waals surface area contributed by atoms with Gasteiger partial charge in [-0.05, 0) is 42.7 Å². The summed E-state index contributed by atoms with van der Waals surface area (Å²) in [4.78, 5) is 25.5. The molecule has 0 unspecified atom stereocenters. The molecular formula is C21H23NO3S. The van der Waals surface area contributed by atoms with Gasteiger partial charge in [-0.2, -0.15) is 0 Å². The molecule has 1 fully saturated rings. The lowest BCUT2D eigenvalue weighted by atomic mass is 9.96. The van der Waals surface area contributed by atoms with E-state index in [1.807, 2.05) is 48.5 Å². The molecule has 0 aromatic heterocycles. The molecule has 0 radical (unpaired) electrons. The van der Waals surface area contributed by atoms with Crippen LogP contribution in [0.3, 0.4) is 0 Å². The van der Waals surface area contributed by atoms with Gasteiger partial charge in [-0.15, -0.1) is 11.8 Å². The van der Waals surface area contributed by atoms with E-state index in [0.717, 1.165) is 30.6 Å². The van der Waals surface area contributed by atoms with Crippen LogP contribution in [0.4, 0.5) is 0 Å². The molecule has 0 saturated heterocycles. The lowest BCUT2D eigenvalue weighted by Crippen LogP contribution is -2.32. The fourth-order valence-electron chi connectivity index (χ4n) is 2.82. The van der Waals surface area contributed by atoms with E-state index in [-0.39, 0.29) is 18.5 Å². The van der Waals surface area contributed by atoms with Gasteiger partial charge in [0.05, 0.1) is 5.41 Å². The maximum Gasteiger partial charge on any atom is 0.317 e. The fourth-order valence-corrected chi connectivity index (χ4v) is 3.69. The topological polar surface area (TPSA) is 55.4 Å². The zero-order chi connectivity index (χ0) is 18.2. The van der Waals surface area contributed by atoms with Crippen LogP contribution in [0.2, 0.25) is 0 Å². The van der Waals surface area contributed by atoms with Crippen LogP contribution in [0.5, 0.6) is 0 Å². The molecule has 3 rings (SSSR count). The van der Waals surface area contributed by atoms with E-state index in [9.17, 15) is 9.59 Å². The second-order valence-electron chi connectivity index (χ2n) is 6.39. The van der Waals surface area contributed by atoms with Gasteiger partial charge in [0.1, 0.15) is 0 Å². The maximum atomic E-state index is 12.4. The van der Waals surface area contributed by atoms with Gasteiger partial charge in [-0.25, -0.2) is 0 Å². The van der Waals surface area contributed by atoms with Gasteiger partial charge in [0.15, 0.2) is 6.61 Å². The number of amides is 1. The average molecular weight is 369 g/mol. The summed E-state index contributed by atoms with van der Waals surface area (Å²) < 4.78 is 5.26. The third-order valence-electron chi connectivity index (χ3n) is 4.46. The molecule has 0 heterocycles. The summed E-state index contributed by atoms with van der Waals surface area (Å²) in [6.45, 7) is 0.374. The van der Waals surface area contributed by atoms with Gasteiger partial charge >= 0.3 is 5.97 Å². The highest BCUT2D eigenvalue weighted by Gasteiger charge is 2.52. The number of benzene rings is 2. The molecule has 1 aliphatic rings. The van der Waals surface area contributed by atoms with Crippen molar-refractivity contribution >= 4 is 23.6 Å². The van der Waals surface area contributed by atoms with Crippen molar-refractivity contribution in [3.8, 4) is 0 Å². The Hall–Kier alpha value is -2.27. The van der Waals surface area contributed by atoms with Gasteiger partial charge in [-0.1, -0.05) is 48.5 Å². The Morgan fingerprint density at radius 3 is 2.31 bits per heavy atom. The smallest absolute Gasteiger partial charge is 0.317 e. The minimum Gasteiger partial charge on any atom is -0.455 e. The highest BCUT2D eigenvalue weighted by molar-refractivity contribution is 7.99. The van der Waals surface area contributed by atoms with Crippen LogP contribution in [-0.2, 0) is 19.7 Å². The Kier molecular flexibility index (Phi) is 6.34. The highest BCUT2D eigenvalue weighted by Crippen LogP contribution is 2.49. The van der Waals surface area contributed by atoms with Crippen molar-refractivity contribution in [1.29, 1.82) is 0 Å². The number of nitrogens with one attached hydrogen (secondary N) is 1. The summed E-state index contributed by atoms with van der Waals surface area (Å²) in [5.74, 6) is 0.395. The van der Waals surface area contributed by atoms with Crippen molar-refractivity contribution < 1.29 is 14.3 Å². The molecule has 2 aromatic rings. The largest absolute Gasteiger partial charge is 0.455 e. The van der Waals surface area contributed by atoms with Crippen LogP contribution >= 0.6 is 11.8 Å². The molecule has 1 aliphatic carbocycles. The van der Waals surface area contributed by atoms with Gasteiger partial charge in [0, 0.05) is 11.4 Å². The summed E-state index contributed by atoms with van der Waals surface area (Å²) in [5, 5.41) is 2.81. The molecule has 0 bridgehead atoms. The monoisotopic (exact) mass is 369 g/mol. The van der Waals surface area contributed by atoms with Crippen LogP contribution in [0.1, 0.15) is 24.8 Å². The molecule has 0 atom stereocenters. The zero-order valence-corrected chi connectivity index (χ0v) is 15.5. The Morgan fingerprint density at radius 1 is 1.00 bits per heavy atom. The predicted molar refractivity (Wildman–Crippen MR) is 103 cm³/mol. The van der Waals surface area contributed by atoms with E-state index in [0.29, 0.717) is 6.54 Å². The van der Waals surface area contributed by atoms with Gasteiger partial charge in [0.2, 0.25) is 0 Å². The molecule has 1 amide bonds. The third-order valence-corrected chi connectivity index (χ3v) is 5.55. The Balaban J connectivity index is 1.32. The van der Waals surface area contributed by atoms with Crippen LogP contribution < -0.4 is 5.32 Å². The van der Waals surface area contributed by atoms with E-state index in [1.54, 1.807) is 11.8 Å². The molecule has 136 valence electrons. The predicted octanol–water partition coefficient (Wildman–Crippen LogP) is 3.56. The normalized spacial score (nSPS) is 14.5. The summed E-state index contributed by atoms with van der Waals surface area (Å²) in [6.07, 6.45) is 2.44. The summed E-state index contributed by atoms with van der Waals surface area (Å²) in [5.41, 5.74) is 0.441. The van der Waals surface area contributed by atoms with Crippen molar-refractivity contribution in [1.82, 2.24) is 5.32 Å². The number of ether oxygens (including phenoxy) is 1. The fraction of sp³-hybridized carbons (Fsp3) is 0.333. The second kappa shape index (κ2) is 8.90. The van der Waals surface area contributed by atoms with Crippen LogP contribution in [-0.4, -0.2) is 30.8 Å². The molecule has 0 spiro atoms. The van der Waals surface area contributed by atoms with E-state index in [1.165, 1.54) is 4.90 Å². The van der Waals surface area contributed by atoms with Crippen molar-refractivity contribution in [3.05, 3.63) is 66.2 Å². The van der Waals surface area contributed by atoms with Crippen LogP contribution in [0.25, 0.3) is 0 Å². The standard InChI is InChI=1S/C21H23NO3S/c23-19(22-14-7-15-26-18-10-5-2-6-11-18)16-25-20(24)21(12-13-21)17-8-3-1-4-9-17/h1-6,8-11H,7,12-16H2,(H,22,23). The Labute approximate surface area is 158 Å². The van der Waals surface area contributed by atoms with E-state index in [2.05, 4.69) is 17.4 Å². The zero-order valence-electron chi connectivity index (χ0n) is 14.6. The lowest BCUT2D eigenvalue weighted by molar-refractivity contribution is -0.151. The first-order chi connectivity index (χ1) is 12.7. The molecule has 1 saturated carbocycles. The Morgan fingerprint density at radius 2 is 1.65 bits per heavy atom. The van der Waals surface area contributed by atoms with Gasteiger partial charge in [-0.3, -0.25) is 9.59 Å². The van der Waals surface area contributed by atoms with Gasteiger partial charge < -0.3 is 10.1 Å². The van der Waals surface area contributed by atoms with Crippen molar-refractivity contribution in [2.24, 2.45) is 0 Å². The number of hydrogen-bond acceptors (Lipinski definition) is 4. The number of rotatable bonds is 9. The average Bonchev–Trinajstić information content (AvgIpc) is 3.49. The molecule has 26 heavy (non-hydrogen) atoms. The molecule has 0 aliphatic heterocycles. The number of hydrogen-bond donors (Lipinski definition) is 1. The van der Waals surface area contributed by atoms with E-state index >= 15 is 0 Å². The molecule has 5 heteroatoms. The molecule has 4 nitrogen and oxygen atoms in total. The minimum absolute atomic E-state index is 0.209. The summed E-state index contributed by atoms with van der Waals surface area (Å²) in [6, 6.07) is 19.8. The van der Waals surface area contributed by atoms with Crippen molar-refractivity contribution in [3.63, 3.8) is 0 Å². The molecule has 1 N–H and O–H groups in total.